The lowest BCUT2D eigenvalue weighted by Gasteiger charge is -2.17. The third kappa shape index (κ3) is 5.35. The first-order chi connectivity index (χ1) is 18.4. The van der Waals surface area contributed by atoms with Crippen LogP contribution in [0.15, 0.2) is 61.1 Å². The molecule has 0 radical (unpaired) electrons. The summed E-state index contributed by atoms with van der Waals surface area (Å²) in [4.78, 5) is 42.9. The number of nitrogens with one attached hydrogen (secondary N) is 1. The number of carbonyl (C=O) groups excluding carboxylic acids is 2. The van der Waals surface area contributed by atoms with Gasteiger partial charge in [-0.3, -0.25) is 14.0 Å². The Morgan fingerprint density at radius 2 is 1.92 bits per heavy atom. The number of carbonyl (C=O) groups is 2. The normalized spacial score (nSPS) is 15.3. The topological polar surface area (TPSA) is 122 Å². The summed E-state index contributed by atoms with van der Waals surface area (Å²) < 4.78 is 1.99. The van der Waals surface area contributed by atoms with Crippen molar-refractivity contribution in [3.05, 3.63) is 72.4 Å². The van der Waals surface area contributed by atoms with Crippen molar-refractivity contribution in [3.8, 4) is 11.3 Å². The van der Waals surface area contributed by atoms with E-state index in [1.54, 1.807) is 36.7 Å². The van der Waals surface area contributed by atoms with Crippen molar-refractivity contribution in [1.29, 1.82) is 0 Å². The number of pyridine rings is 1. The number of nitrogen functional groups attached to an aromatic ring is 1. The number of nitrogens with zero attached hydrogens (tertiary/aromatic N) is 6. The third-order valence-corrected chi connectivity index (χ3v) is 6.84. The zero-order valence-corrected chi connectivity index (χ0v) is 21.7. The molecular formula is C28H32N8O2. The number of aromatic nitrogens is 4. The monoisotopic (exact) mass is 512 g/mol. The molecule has 10 nitrogen and oxygen atoms in total. The fraction of sp³-hybridized carbons (Fsp3) is 0.321. The number of amides is 2. The molecule has 196 valence electrons. The van der Waals surface area contributed by atoms with E-state index < -0.39 is 0 Å². The smallest absolute Gasteiger partial charge is 0.256 e. The molecule has 1 saturated heterocycles. The Balaban J connectivity index is 1.37. The fourth-order valence-electron chi connectivity index (χ4n) is 4.88. The average molecular weight is 513 g/mol. The van der Waals surface area contributed by atoms with Gasteiger partial charge in [0.1, 0.15) is 28.7 Å². The van der Waals surface area contributed by atoms with Crippen LogP contribution in [0.2, 0.25) is 0 Å². The van der Waals surface area contributed by atoms with Gasteiger partial charge in [-0.15, -0.1) is 0 Å². The van der Waals surface area contributed by atoms with Crippen LogP contribution >= 0.6 is 0 Å². The Morgan fingerprint density at radius 1 is 1.11 bits per heavy atom. The van der Waals surface area contributed by atoms with E-state index in [1.807, 2.05) is 47.8 Å². The van der Waals surface area contributed by atoms with E-state index >= 15 is 0 Å². The molecule has 1 atom stereocenters. The molecule has 1 aromatic carbocycles. The molecule has 0 bridgehead atoms. The van der Waals surface area contributed by atoms with E-state index in [4.69, 9.17) is 10.7 Å². The summed E-state index contributed by atoms with van der Waals surface area (Å²) in [5, 5.41) is 2.79. The molecule has 2 amide bonds. The summed E-state index contributed by atoms with van der Waals surface area (Å²) in [6.45, 7) is 2.25. The Hall–Kier alpha value is -4.31. The Kier molecular flexibility index (Phi) is 7.32. The molecular weight excluding hydrogens is 480 g/mol. The van der Waals surface area contributed by atoms with Crippen LogP contribution in [0.1, 0.15) is 41.4 Å². The standard InChI is InChI=1S/C28H32N8O2/c1-34(2)15-5-7-23(37)35-16-12-21(18-35)27-33-24(25-26(29)31-14-17-36(25)27)19-8-10-20(11-9-19)28(38)32-22-6-3-4-13-30-22/h3-4,6,8-11,13-14,17,21H,5,7,12,15-16,18H2,1-2H3,(H2,29,31)(H,30,32,38)/t21-/m1/s1. The largest absolute Gasteiger partial charge is 0.382 e. The summed E-state index contributed by atoms with van der Waals surface area (Å²) >= 11 is 0. The summed E-state index contributed by atoms with van der Waals surface area (Å²) in [6, 6.07) is 12.6. The van der Waals surface area contributed by atoms with Crippen LogP contribution in [0.25, 0.3) is 16.8 Å². The minimum Gasteiger partial charge on any atom is -0.382 e. The molecule has 0 unspecified atom stereocenters. The highest BCUT2D eigenvalue weighted by molar-refractivity contribution is 6.04. The number of rotatable bonds is 8. The molecule has 38 heavy (non-hydrogen) atoms. The second kappa shape index (κ2) is 11.0. The quantitative estimate of drug-likeness (QED) is 0.372. The molecule has 10 heteroatoms. The van der Waals surface area contributed by atoms with Crippen LogP contribution in [0.5, 0.6) is 0 Å². The molecule has 0 aliphatic carbocycles. The highest BCUT2D eigenvalue weighted by Crippen LogP contribution is 2.34. The number of hydrogen-bond donors (Lipinski definition) is 2. The van der Waals surface area contributed by atoms with Crippen LogP contribution in [0.3, 0.4) is 0 Å². The van der Waals surface area contributed by atoms with Crippen LogP contribution in [-0.2, 0) is 4.79 Å². The van der Waals surface area contributed by atoms with E-state index in [0.717, 1.165) is 42.8 Å². The Labute approximate surface area is 221 Å². The Bertz CT molecular complexity index is 1430. The van der Waals surface area contributed by atoms with E-state index in [0.29, 0.717) is 35.9 Å². The SMILES string of the molecule is CN(C)CCCC(=O)N1CC[C@@H](c2nc(-c3ccc(C(=O)Nc4ccccn4)cc3)c3c(N)nccn23)C1. The molecule has 5 rings (SSSR count). The molecule has 4 heterocycles. The van der Waals surface area contributed by atoms with Crippen molar-refractivity contribution in [2.75, 3.05) is 44.8 Å². The number of likely N-dealkylation sites (tertiary alicyclic amines) is 1. The minimum absolute atomic E-state index is 0.0965. The number of fused-ring (bicyclic) bond motifs is 1. The van der Waals surface area contributed by atoms with E-state index in [1.165, 1.54) is 0 Å². The number of benzene rings is 1. The summed E-state index contributed by atoms with van der Waals surface area (Å²) in [7, 11) is 4.03. The average Bonchev–Trinajstić information content (AvgIpc) is 3.55. The number of nitrogens with two attached hydrogens (primary N) is 1. The van der Waals surface area contributed by atoms with Gasteiger partial charge in [0.15, 0.2) is 0 Å². The zero-order valence-electron chi connectivity index (χ0n) is 21.7. The first kappa shape index (κ1) is 25.3. The second-order valence-corrected chi connectivity index (χ2v) is 9.83. The zero-order chi connectivity index (χ0) is 26.6. The maximum atomic E-state index is 12.8. The molecule has 0 saturated carbocycles. The molecule has 4 aromatic rings. The molecule has 1 aliphatic rings. The number of anilines is 2. The molecule has 3 aromatic heterocycles. The predicted octanol–water partition coefficient (Wildman–Crippen LogP) is 3.28. The van der Waals surface area contributed by atoms with Crippen molar-refractivity contribution in [2.45, 2.75) is 25.2 Å². The lowest BCUT2D eigenvalue weighted by molar-refractivity contribution is -0.130. The van der Waals surface area contributed by atoms with Crippen LogP contribution in [0, 0.1) is 0 Å². The van der Waals surface area contributed by atoms with Gasteiger partial charge >= 0.3 is 0 Å². The van der Waals surface area contributed by atoms with Gasteiger partial charge in [0, 0.05) is 55.1 Å². The molecule has 3 N–H and O–H groups in total. The van der Waals surface area contributed by atoms with Gasteiger partial charge in [-0.25, -0.2) is 15.0 Å². The number of hydrogen-bond acceptors (Lipinski definition) is 7. The van der Waals surface area contributed by atoms with Gasteiger partial charge in [-0.2, -0.15) is 0 Å². The van der Waals surface area contributed by atoms with Crippen molar-refractivity contribution in [1.82, 2.24) is 29.2 Å². The maximum absolute atomic E-state index is 12.8. The molecule has 0 spiro atoms. The first-order valence-electron chi connectivity index (χ1n) is 12.8. The first-order valence-corrected chi connectivity index (χ1v) is 12.8. The second-order valence-electron chi connectivity index (χ2n) is 9.83. The van der Waals surface area contributed by atoms with Gasteiger partial charge in [-0.05, 0) is 57.7 Å². The van der Waals surface area contributed by atoms with E-state index in [9.17, 15) is 9.59 Å². The molecule has 1 fully saturated rings. The van der Waals surface area contributed by atoms with E-state index in [-0.39, 0.29) is 17.7 Å². The van der Waals surface area contributed by atoms with Crippen molar-refractivity contribution in [3.63, 3.8) is 0 Å². The van der Waals surface area contributed by atoms with Crippen molar-refractivity contribution >= 4 is 29.0 Å². The molecule has 1 aliphatic heterocycles. The minimum atomic E-state index is -0.242. The van der Waals surface area contributed by atoms with Gasteiger partial charge in [-0.1, -0.05) is 18.2 Å². The van der Waals surface area contributed by atoms with Gasteiger partial charge in [0.25, 0.3) is 5.91 Å². The summed E-state index contributed by atoms with van der Waals surface area (Å²) in [5.41, 5.74) is 9.08. The highest BCUT2D eigenvalue weighted by Gasteiger charge is 2.31. The Morgan fingerprint density at radius 3 is 2.66 bits per heavy atom. The lowest BCUT2D eigenvalue weighted by atomic mass is 10.1. The van der Waals surface area contributed by atoms with Gasteiger partial charge < -0.3 is 20.9 Å². The predicted molar refractivity (Wildman–Crippen MR) is 147 cm³/mol. The number of imidazole rings is 1. The van der Waals surface area contributed by atoms with Crippen LogP contribution in [-0.4, -0.2) is 74.7 Å². The summed E-state index contributed by atoms with van der Waals surface area (Å²) in [6.07, 6.45) is 7.41. The van der Waals surface area contributed by atoms with Gasteiger partial charge in [0.05, 0.1) is 0 Å². The van der Waals surface area contributed by atoms with Crippen molar-refractivity contribution in [2.24, 2.45) is 0 Å². The third-order valence-electron chi connectivity index (χ3n) is 6.84. The summed E-state index contributed by atoms with van der Waals surface area (Å²) in [5.74, 6) is 1.79. The highest BCUT2D eigenvalue weighted by atomic mass is 16.2. The van der Waals surface area contributed by atoms with Crippen LogP contribution < -0.4 is 11.1 Å². The fourth-order valence-corrected chi connectivity index (χ4v) is 4.88. The van der Waals surface area contributed by atoms with Gasteiger partial charge in [0.2, 0.25) is 5.91 Å². The van der Waals surface area contributed by atoms with E-state index in [2.05, 4.69) is 20.2 Å². The lowest BCUT2D eigenvalue weighted by Crippen LogP contribution is -2.29. The van der Waals surface area contributed by atoms with Crippen LogP contribution in [0.4, 0.5) is 11.6 Å². The maximum Gasteiger partial charge on any atom is 0.256 e. The van der Waals surface area contributed by atoms with Crippen molar-refractivity contribution < 1.29 is 9.59 Å².